The minimum absolute atomic E-state index is 0.668. The van der Waals surface area contributed by atoms with E-state index in [1.807, 2.05) is 23.1 Å². The first kappa shape index (κ1) is 12.6. The summed E-state index contributed by atoms with van der Waals surface area (Å²) in [6, 6.07) is 2.65. The second-order valence-electron chi connectivity index (χ2n) is 5.35. The summed E-state index contributed by atoms with van der Waals surface area (Å²) in [5, 5.41) is 7.85. The predicted molar refractivity (Wildman–Crippen MR) is 69.9 cm³/mol. The third-order valence-corrected chi connectivity index (χ3v) is 3.30. The highest BCUT2D eigenvalue weighted by molar-refractivity contribution is 4.81. The monoisotopic (exact) mass is 236 g/mol. The Bertz CT molecular complexity index is 307. The van der Waals surface area contributed by atoms with Gasteiger partial charge >= 0.3 is 0 Å². The van der Waals surface area contributed by atoms with Crippen molar-refractivity contribution in [1.82, 2.24) is 20.0 Å². The standard InChI is InChI=1S/C13H24N4/c1-12(2)10-13-11-16(7-5-14-13)8-9-17-6-3-4-15-17/h3-4,6,12-14H,5,7-11H2,1-2H3. The van der Waals surface area contributed by atoms with E-state index in [1.165, 1.54) is 13.0 Å². The minimum atomic E-state index is 0.668. The first-order chi connectivity index (χ1) is 8.24. The maximum absolute atomic E-state index is 4.24. The lowest BCUT2D eigenvalue weighted by molar-refractivity contribution is 0.179. The van der Waals surface area contributed by atoms with Crippen LogP contribution in [0.15, 0.2) is 18.5 Å². The summed E-state index contributed by atoms with van der Waals surface area (Å²) >= 11 is 0. The summed E-state index contributed by atoms with van der Waals surface area (Å²) < 4.78 is 2.01. The molecule has 0 saturated carbocycles. The van der Waals surface area contributed by atoms with Crippen molar-refractivity contribution >= 4 is 0 Å². The smallest absolute Gasteiger partial charge is 0.0536 e. The van der Waals surface area contributed by atoms with Crippen LogP contribution in [0.1, 0.15) is 20.3 Å². The Hall–Kier alpha value is -0.870. The summed E-state index contributed by atoms with van der Waals surface area (Å²) in [7, 11) is 0. The molecule has 0 aliphatic carbocycles. The number of nitrogens with one attached hydrogen (secondary N) is 1. The third-order valence-electron chi connectivity index (χ3n) is 3.30. The van der Waals surface area contributed by atoms with Crippen molar-refractivity contribution in [2.45, 2.75) is 32.9 Å². The Kier molecular flexibility index (Phi) is 4.57. The van der Waals surface area contributed by atoms with Crippen LogP contribution in [-0.2, 0) is 6.54 Å². The molecule has 0 amide bonds. The Morgan fingerprint density at radius 1 is 1.41 bits per heavy atom. The molecule has 1 aromatic rings. The van der Waals surface area contributed by atoms with E-state index in [0.29, 0.717) is 6.04 Å². The zero-order chi connectivity index (χ0) is 12.1. The predicted octanol–water partition coefficient (Wildman–Crippen LogP) is 1.20. The Labute approximate surface area is 104 Å². The second-order valence-corrected chi connectivity index (χ2v) is 5.35. The molecule has 0 bridgehead atoms. The highest BCUT2D eigenvalue weighted by Gasteiger charge is 2.19. The van der Waals surface area contributed by atoms with Crippen molar-refractivity contribution in [2.24, 2.45) is 5.92 Å². The van der Waals surface area contributed by atoms with E-state index < -0.39 is 0 Å². The molecule has 1 N–H and O–H groups in total. The number of hydrogen-bond acceptors (Lipinski definition) is 3. The lowest BCUT2D eigenvalue weighted by atomic mass is 10.0. The van der Waals surface area contributed by atoms with Crippen molar-refractivity contribution in [3.05, 3.63) is 18.5 Å². The average Bonchev–Trinajstić information content (AvgIpc) is 2.79. The van der Waals surface area contributed by atoms with Gasteiger partial charge < -0.3 is 5.32 Å². The lowest BCUT2D eigenvalue weighted by Crippen LogP contribution is -2.51. The summed E-state index contributed by atoms with van der Waals surface area (Å²) in [6.07, 6.45) is 5.16. The van der Waals surface area contributed by atoms with Gasteiger partial charge in [0, 0.05) is 44.6 Å². The summed E-state index contributed by atoms with van der Waals surface area (Å²) in [6.45, 7) is 10.2. The van der Waals surface area contributed by atoms with Crippen LogP contribution in [0.4, 0.5) is 0 Å². The van der Waals surface area contributed by atoms with Crippen LogP contribution in [0, 0.1) is 5.92 Å². The number of piperazine rings is 1. The number of aromatic nitrogens is 2. The molecule has 2 rings (SSSR count). The molecule has 1 atom stereocenters. The molecule has 1 aromatic heterocycles. The van der Waals surface area contributed by atoms with Crippen LogP contribution in [0.3, 0.4) is 0 Å². The van der Waals surface area contributed by atoms with Gasteiger partial charge in [-0.1, -0.05) is 13.8 Å². The Morgan fingerprint density at radius 2 is 2.29 bits per heavy atom. The van der Waals surface area contributed by atoms with Crippen LogP contribution < -0.4 is 5.32 Å². The zero-order valence-electron chi connectivity index (χ0n) is 11.0. The van der Waals surface area contributed by atoms with Gasteiger partial charge in [0.1, 0.15) is 0 Å². The van der Waals surface area contributed by atoms with Gasteiger partial charge in [-0.2, -0.15) is 5.10 Å². The molecule has 0 spiro atoms. The molecular formula is C13H24N4. The lowest BCUT2D eigenvalue weighted by Gasteiger charge is -2.34. The first-order valence-electron chi connectivity index (χ1n) is 6.67. The number of nitrogens with zero attached hydrogens (tertiary/aromatic N) is 3. The SMILES string of the molecule is CC(C)CC1CN(CCn2cccn2)CCN1. The van der Waals surface area contributed by atoms with Crippen LogP contribution in [-0.4, -0.2) is 46.9 Å². The summed E-state index contributed by atoms with van der Waals surface area (Å²) in [4.78, 5) is 2.55. The number of hydrogen-bond donors (Lipinski definition) is 1. The maximum Gasteiger partial charge on any atom is 0.0536 e. The quantitative estimate of drug-likeness (QED) is 0.834. The summed E-state index contributed by atoms with van der Waals surface area (Å²) in [5.74, 6) is 0.776. The normalized spacial score (nSPS) is 22.2. The van der Waals surface area contributed by atoms with Crippen LogP contribution in [0.2, 0.25) is 0 Å². The molecule has 96 valence electrons. The fraction of sp³-hybridized carbons (Fsp3) is 0.769. The van der Waals surface area contributed by atoms with Crippen LogP contribution in [0.5, 0.6) is 0 Å². The van der Waals surface area contributed by atoms with Crippen LogP contribution in [0.25, 0.3) is 0 Å². The molecule has 17 heavy (non-hydrogen) atoms. The Morgan fingerprint density at radius 3 is 3.00 bits per heavy atom. The van der Waals surface area contributed by atoms with Gasteiger partial charge in [-0.25, -0.2) is 0 Å². The van der Waals surface area contributed by atoms with E-state index in [0.717, 1.165) is 32.1 Å². The third kappa shape index (κ3) is 4.13. The van der Waals surface area contributed by atoms with Crippen molar-refractivity contribution in [2.75, 3.05) is 26.2 Å². The molecule has 4 heteroatoms. The highest BCUT2D eigenvalue weighted by Crippen LogP contribution is 2.09. The van der Waals surface area contributed by atoms with Crippen molar-refractivity contribution in [1.29, 1.82) is 0 Å². The van der Waals surface area contributed by atoms with E-state index in [4.69, 9.17) is 0 Å². The molecule has 1 aliphatic heterocycles. The van der Waals surface area contributed by atoms with Gasteiger partial charge in [-0.3, -0.25) is 9.58 Å². The molecule has 1 aliphatic rings. The van der Waals surface area contributed by atoms with Crippen LogP contribution >= 0.6 is 0 Å². The van der Waals surface area contributed by atoms with E-state index in [9.17, 15) is 0 Å². The molecule has 1 fully saturated rings. The molecular weight excluding hydrogens is 212 g/mol. The number of rotatable bonds is 5. The minimum Gasteiger partial charge on any atom is -0.311 e. The van der Waals surface area contributed by atoms with Crippen molar-refractivity contribution < 1.29 is 0 Å². The van der Waals surface area contributed by atoms with Crippen molar-refractivity contribution in [3.8, 4) is 0 Å². The molecule has 1 saturated heterocycles. The van der Waals surface area contributed by atoms with E-state index in [1.54, 1.807) is 0 Å². The van der Waals surface area contributed by atoms with Gasteiger partial charge in [0.05, 0.1) is 6.54 Å². The molecule has 1 unspecified atom stereocenters. The van der Waals surface area contributed by atoms with Gasteiger partial charge in [0.2, 0.25) is 0 Å². The maximum atomic E-state index is 4.24. The molecule has 4 nitrogen and oxygen atoms in total. The second kappa shape index (κ2) is 6.17. The van der Waals surface area contributed by atoms with Gasteiger partial charge in [0.15, 0.2) is 0 Å². The summed E-state index contributed by atoms with van der Waals surface area (Å²) in [5.41, 5.74) is 0. The largest absolute Gasteiger partial charge is 0.311 e. The van der Waals surface area contributed by atoms with Gasteiger partial charge in [-0.05, 0) is 18.4 Å². The van der Waals surface area contributed by atoms with Gasteiger partial charge in [0.25, 0.3) is 0 Å². The highest BCUT2D eigenvalue weighted by atomic mass is 15.3. The Balaban J connectivity index is 1.73. The molecule has 0 aromatic carbocycles. The first-order valence-corrected chi connectivity index (χ1v) is 6.67. The fourth-order valence-corrected chi connectivity index (χ4v) is 2.50. The van der Waals surface area contributed by atoms with E-state index in [2.05, 4.69) is 29.2 Å². The average molecular weight is 236 g/mol. The molecule has 0 radical (unpaired) electrons. The fourth-order valence-electron chi connectivity index (χ4n) is 2.50. The van der Waals surface area contributed by atoms with Crippen molar-refractivity contribution in [3.63, 3.8) is 0 Å². The molecule has 2 heterocycles. The van der Waals surface area contributed by atoms with E-state index in [-0.39, 0.29) is 0 Å². The topological polar surface area (TPSA) is 33.1 Å². The van der Waals surface area contributed by atoms with Gasteiger partial charge in [-0.15, -0.1) is 0 Å². The van der Waals surface area contributed by atoms with E-state index >= 15 is 0 Å². The zero-order valence-corrected chi connectivity index (χ0v) is 11.0.